The molecule has 0 unspecified atom stereocenters. The van der Waals surface area contributed by atoms with Gasteiger partial charge in [0.25, 0.3) is 0 Å². The summed E-state index contributed by atoms with van der Waals surface area (Å²) in [6, 6.07) is 1.25. The van der Waals surface area contributed by atoms with Crippen molar-refractivity contribution in [1.29, 1.82) is 0 Å². The summed E-state index contributed by atoms with van der Waals surface area (Å²) in [6.45, 7) is 5.12. The summed E-state index contributed by atoms with van der Waals surface area (Å²) in [4.78, 5) is 27.5. The molecule has 0 fully saturated rings. The first kappa shape index (κ1) is 13.7. The highest BCUT2D eigenvalue weighted by molar-refractivity contribution is 5.91. The van der Waals surface area contributed by atoms with E-state index in [9.17, 15) is 9.59 Å². The number of aliphatic carboxylic acids is 1. The summed E-state index contributed by atoms with van der Waals surface area (Å²) in [5, 5.41) is 11.3. The number of hydrogen-bond donors (Lipinski definition) is 2. The highest BCUT2D eigenvalue weighted by Crippen LogP contribution is 2.08. The van der Waals surface area contributed by atoms with Crippen molar-refractivity contribution < 1.29 is 14.7 Å². The van der Waals surface area contributed by atoms with Gasteiger partial charge in [-0.2, -0.15) is 0 Å². The first-order chi connectivity index (χ1) is 8.52. The smallest absolute Gasteiger partial charge is 0.323 e. The molecule has 2 N–H and O–H groups in total. The monoisotopic (exact) mass is 249 g/mol. The molecule has 0 aliphatic heterocycles. The molecule has 6 nitrogen and oxygen atoms in total. The maximum Gasteiger partial charge on any atom is 0.323 e. The van der Waals surface area contributed by atoms with E-state index in [4.69, 9.17) is 5.11 Å². The Labute approximate surface area is 105 Å². The highest BCUT2D eigenvalue weighted by Gasteiger charge is 2.15. The van der Waals surface area contributed by atoms with Gasteiger partial charge in [0.05, 0.1) is 11.9 Å². The number of hydrogen-bond acceptors (Lipinski definition) is 3. The Morgan fingerprint density at radius 3 is 2.83 bits per heavy atom. The van der Waals surface area contributed by atoms with Gasteiger partial charge in [0.1, 0.15) is 6.54 Å². The minimum atomic E-state index is -1.07. The van der Waals surface area contributed by atoms with Crippen LogP contribution < -0.4 is 5.32 Å². The third-order valence-electron chi connectivity index (χ3n) is 2.09. The Balaban J connectivity index is 2.71. The Hall–Kier alpha value is -2.37. The Kier molecular flexibility index (Phi) is 4.86. The van der Waals surface area contributed by atoms with Gasteiger partial charge in [-0.25, -0.2) is 4.79 Å². The molecule has 0 aliphatic rings. The fourth-order valence-electron chi connectivity index (χ4n) is 1.36. The zero-order valence-electron chi connectivity index (χ0n) is 10.1. The number of nitrogens with one attached hydrogen (secondary N) is 1. The lowest BCUT2D eigenvalue weighted by molar-refractivity contribution is -0.137. The van der Waals surface area contributed by atoms with Crippen LogP contribution in [0.5, 0.6) is 0 Å². The van der Waals surface area contributed by atoms with Crippen LogP contribution in [0.4, 0.5) is 10.5 Å². The van der Waals surface area contributed by atoms with Gasteiger partial charge in [0.2, 0.25) is 0 Å². The molecule has 1 aromatic rings. The van der Waals surface area contributed by atoms with E-state index in [2.05, 4.69) is 16.9 Å². The van der Waals surface area contributed by atoms with Crippen molar-refractivity contribution in [3.8, 4) is 0 Å². The van der Waals surface area contributed by atoms with Crippen LogP contribution in [0.1, 0.15) is 5.56 Å². The van der Waals surface area contributed by atoms with Crippen LogP contribution in [0.3, 0.4) is 0 Å². The Morgan fingerprint density at radius 2 is 2.28 bits per heavy atom. The SMILES string of the molecule is C=CCN(CC(=O)O)C(=O)Nc1cncc(C)c1. The van der Waals surface area contributed by atoms with E-state index < -0.39 is 12.0 Å². The van der Waals surface area contributed by atoms with Crippen LogP contribution >= 0.6 is 0 Å². The Morgan fingerprint density at radius 1 is 1.56 bits per heavy atom. The first-order valence-corrected chi connectivity index (χ1v) is 5.33. The van der Waals surface area contributed by atoms with Crippen molar-refractivity contribution in [2.45, 2.75) is 6.92 Å². The molecule has 0 saturated carbocycles. The second-order valence-electron chi connectivity index (χ2n) is 3.74. The second-order valence-corrected chi connectivity index (χ2v) is 3.74. The Bertz CT molecular complexity index is 460. The molecule has 18 heavy (non-hydrogen) atoms. The van der Waals surface area contributed by atoms with Crippen molar-refractivity contribution >= 4 is 17.7 Å². The number of amides is 2. The van der Waals surface area contributed by atoms with Crippen molar-refractivity contribution in [3.63, 3.8) is 0 Å². The second kappa shape index (κ2) is 6.39. The summed E-state index contributed by atoms with van der Waals surface area (Å²) < 4.78 is 0. The summed E-state index contributed by atoms with van der Waals surface area (Å²) >= 11 is 0. The molecule has 6 heteroatoms. The van der Waals surface area contributed by atoms with E-state index in [1.807, 2.05) is 6.92 Å². The average molecular weight is 249 g/mol. The molecule has 96 valence electrons. The van der Waals surface area contributed by atoms with Crippen LogP contribution in [-0.2, 0) is 4.79 Å². The van der Waals surface area contributed by atoms with Gasteiger partial charge in [0, 0.05) is 12.7 Å². The van der Waals surface area contributed by atoms with E-state index in [1.54, 1.807) is 12.3 Å². The number of carboxylic acid groups (broad SMARTS) is 1. The maximum atomic E-state index is 11.8. The van der Waals surface area contributed by atoms with Crippen molar-refractivity contribution in [3.05, 3.63) is 36.7 Å². The maximum absolute atomic E-state index is 11.8. The van der Waals surface area contributed by atoms with E-state index >= 15 is 0 Å². The molecule has 0 aliphatic carbocycles. The molecule has 0 bridgehead atoms. The fourth-order valence-corrected chi connectivity index (χ4v) is 1.36. The fraction of sp³-hybridized carbons (Fsp3) is 0.250. The molecule has 0 aromatic carbocycles. The van der Waals surface area contributed by atoms with E-state index in [1.165, 1.54) is 12.3 Å². The molecule has 0 atom stereocenters. The summed E-state index contributed by atoms with van der Waals surface area (Å²) in [5.41, 5.74) is 1.43. The van der Waals surface area contributed by atoms with Crippen LogP contribution in [-0.4, -0.2) is 40.1 Å². The van der Waals surface area contributed by atoms with E-state index in [0.29, 0.717) is 5.69 Å². The molecule has 1 heterocycles. The number of anilines is 1. The predicted octanol–water partition coefficient (Wildman–Crippen LogP) is 1.49. The lowest BCUT2D eigenvalue weighted by Gasteiger charge is -2.19. The minimum Gasteiger partial charge on any atom is -0.480 e. The number of nitrogens with zero attached hydrogens (tertiary/aromatic N) is 2. The number of carboxylic acids is 1. The normalized spacial score (nSPS) is 9.61. The third kappa shape index (κ3) is 4.25. The lowest BCUT2D eigenvalue weighted by Crippen LogP contribution is -2.38. The average Bonchev–Trinajstić information content (AvgIpc) is 2.27. The van der Waals surface area contributed by atoms with Gasteiger partial charge in [-0.05, 0) is 18.6 Å². The minimum absolute atomic E-state index is 0.164. The number of pyridine rings is 1. The van der Waals surface area contributed by atoms with Gasteiger partial charge < -0.3 is 15.3 Å². The highest BCUT2D eigenvalue weighted by atomic mass is 16.4. The zero-order valence-corrected chi connectivity index (χ0v) is 10.1. The van der Waals surface area contributed by atoms with Gasteiger partial charge in [0.15, 0.2) is 0 Å². The van der Waals surface area contributed by atoms with Crippen LogP contribution in [0.25, 0.3) is 0 Å². The topological polar surface area (TPSA) is 82.5 Å². The number of rotatable bonds is 5. The standard InChI is InChI=1S/C12H15N3O3/c1-3-4-15(8-11(16)17)12(18)14-10-5-9(2)6-13-7-10/h3,5-7H,1,4,8H2,2H3,(H,14,18)(H,16,17). The molecule has 0 spiro atoms. The number of aryl methyl sites for hydroxylation is 1. The molecule has 0 saturated heterocycles. The van der Waals surface area contributed by atoms with Crippen molar-refractivity contribution in [2.24, 2.45) is 0 Å². The van der Waals surface area contributed by atoms with Gasteiger partial charge in [-0.3, -0.25) is 9.78 Å². The quantitative estimate of drug-likeness (QED) is 0.774. The zero-order chi connectivity index (χ0) is 13.5. The third-order valence-corrected chi connectivity index (χ3v) is 2.09. The summed E-state index contributed by atoms with van der Waals surface area (Å²) in [5.74, 6) is -1.07. The molecular formula is C12H15N3O3. The van der Waals surface area contributed by atoms with E-state index in [0.717, 1.165) is 10.5 Å². The van der Waals surface area contributed by atoms with Crippen molar-refractivity contribution in [2.75, 3.05) is 18.4 Å². The molecular weight excluding hydrogens is 234 g/mol. The molecule has 0 radical (unpaired) electrons. The molecule has 1 aromatic heterocycles. The first-order valence-electron chi connectivity index (χ1n) is 5.33. The van der Waals surface area contributed by atoms with Crippen LogP contribution in [0, 0.1) is 6.92 Å². The number of carbonyl (C=O) groups is 2. The van der Waals surface area contributed by atoms with E-state index in [-0.39, 0.29) is 13.1 Å². The van der Waals surface area contributed by atoms with Crippen LogP contribution in [0.15, 0.2) is 31.1 Å². The number of urea groups is 1. The van der Waals surface area contributed by atoms with Crippen LogP contribution in [0.2, 0.25) is 0 Å². The predicted molar refractivity (Wildman–Crippen MR) is 67.4 cm³/mol. The number of carbonyl (C=O) groups excluding carboxylic acids is 1. The van der Waals surface area contributed by atoms with Gasteiger partial charge >= 0.3 is 12.0 Å². The van der Waals surface area contributed by atoms with Crippen molar-refractivity contribution in [1.82, 2.24) is 9.88 Å². The summed E-state index contributed by atoms with van der Waals surface area (Å²) in [7, 11) is 0. The summed E-state index contributed by atoms with van der Waals surface area (Å²) in [6.07, 6.45) is 4.63. The largest absolute Gasteiger partial charge is 0.480 e. The van der Waals surface area contributed by atoms with Gasteiger partial charge in [-0.1, -0.05) is 6.08 Å². The van der Waals surface area contributed by atoms with Gasteiger partial charge in [-0.15, -0.1) is 6.58 Å². The molecule has 2 amide bonds. The molecule has 1 rings (SSSR count). The lowest BCUT2D eigenvalue weighted by atomic mass is 10.3. The number of aromatic nitrogens is 1.